The number of hydrogen-bond acceptors (Lipinski definition) is 5. The molecule has 0 aliphatic carbocycles. The highest BCUT2D eigenvalue weighted by Crippen LogP contribution is 2.26. The number of aryl methyl sites for hydroxylation is 2. The lowest BCUT2D eigenvalue weighted by Gasteiger charge is -2.36. The predicted octanol–water partition coefficient (Wildman–Crippen LogP) is 4.01. The van der Waals surface area contributed by atoms with Gasteiger partial charge in [0.1, 0.15) is 0 Å². The van der Waals surface area contributed by atoms with Crippen LogP contribution in [0.1, 0.15) is 31.8 Å². The van der Waals surface area contributed by atoms with Gasteiger partial charge in [-0.25, -0.2) is 4.79 Å². The molecule has 1 aliphatic heterocycles. The van der Waals surface area contributed by atoms with E-state index in [2.05, 4.69) is 15.5 Å². The third-order valence-corrected chi connectivity index (χ3v) is 6.18. The summed E-state index contributed by atoms with van der Waals surface area (Å²) >= 11 is 0. The third-order valence-electron chi connectivity index (χ3n) is 6.18. The van der Waals surface area contributed by atoms with Crippen molar-refractivity contribution in [2.75, 3.05) is 48.3 Å². The number of carboxylic acids is 1. The van der Waals surface area contributed by atoms with Gasteiger partial charge in [0.05, 0.1) is 17.8 Å². The molecular formula is C28H30N4O4. The first kappa shape index (κ1) is 24.9. The van der Waals surface area contributed by atoms with Crippen molar-refractivity contribution in [3.63, 3.8) is 0 Å². The fraction of sp³-hybridized carbons (Fsp3) is 0.250. The Hall–Kier alpha value is -4.17. The number of rotatable bonds is 7. The smallest absolute Gasteiger partial charge is 0.337 e. The Morgan fingerprint density at radius 2 is 1.50 bits per heavy atom. The first-order chi connectivity index (χ1) is 17.3. The standard InChI is InChI=1S/C28H30N4O4/c1-19-6-8-22(9-7-19)29-26(33)18-31-12-14-32(15-13-31)25-11-10-23(17-24(25)28(35)36)30-27(34)21-5-3-4-20(2)16-21/h3-11,16-17H,12-15,18H2,1-2H3,(H,29,33)(H,30,34)(H,35,36). The second-order valence-electron chi connectivity index (χ2n) is 9.04. The Morgan fingerprint density at radius 1 is 0.806 bits per heavy atom. The van der Waals surface area contributed by atoms with Crippen LogP contribution in [0.2, 0.25) is 0 Å². The Balaban J connectivity index is 1.36. The van der Waals surface area contributed by atoms with Gasteiger partial charge >= 0.3 is 5.97 Å². The molecule has 0 saturated carbocycles. The van der Waals surface area contributed by atoms with E-state index in [4.69, 9.17) is 0 Å². The third kappa shape index (κ3) is 6.28. The van der Waals surface area contributed by atoms with Crippen molar-refractivity contribution in [1.82, 2.24) is 4.90 Å². The number of hydrogen-bond donors (Lipinski definition) is 3. The number of carbonyl (C=O) groups is 3. The maximum atomic E-state index is 12.6. The van der Waals surface area contributed by atoms with Crippen molar-refractivity contribution in [3.05, 3.63) is 89.0 Å². The lowest BCUT2D eigenvalue weighted by atomic mass is 10.1. The average molecular weight is 487 g/mol. The molecule has 186 valence electrons. The minimum Gasteiger partial charge on any atom is -0.478 e. The lowest BCUT2D eigenvalue weighted by Crippen LogP contribution is -2.49. The van der Waals surface area contributed by atoms with Crippen LogP contribution in [0.3, 0.4) is 0 Å². The summed E-state index contributed by atoms with van der Waals surface area (Å²) in [6, 6.07) is 19.8. The highest BCUT2D eigenvalue weighted by molar-refractivity contribution is 6.05. The topological polar surface area (TPSA) is 102 Å². The van der Waals surface area contributed by atoms with Gasteiger partial charge in [-0.3, -0.25) is 14.5 Å². The van der Waals surface area contributed by atoms with E-state index in [0.717, 1.165) is 16.8 Å². The van der Waals surface area contributed by atoms with E-state index in [-0.39, 0.29) is 23.9 Å². The Labute approximate surface area is 210 Å². The van der Waals surface area contributed by atoms with Crippen LogP contribution < -0.4 is 15.5 Å². The summed E-state index contributed by atoms with van der Waals surface area (Å²) in [5, 5.41) is 15.5. The number of carboxylic acid groups (broad SMARTS) is 1. The molecule has 3 aromatic rings. The second-order valence-corrected chi connectivity index (χ2v) is 9.04. The molecule has 8 nitrogen and oxygen atoms in total. The van der Waals surface area contributed by atoms with Gasteiger partial charge in [-0.05, 0) is 56.3 Å². The fourth-order valence-corrected chi connectivity index (χ4v) is 4.24. The highest BCUT2D eigenvalue weighted by Gasteiger charge is 2.23. The van der Waals surface area contributed by atoms with Crippen LogP contribution in [-0.2, 0) is 4.79 Å². The van der Waals surface area contributed by atoms with Crippen LogP contribution in [0, 0.1) is 13.8 Å². The van der Waals surface area contributed by atoms with Crippen molar-refractivity contribution in [2.45, 2.75) is 13.8 Å². The Kier molecular flexibility index (Phi) is 7.65. The summed E-state index contributed by atoms with van der Waals surface area (Å²) in [5.41, 5.74) is 4.53. The van der Waals surface area contributed by atoms with Gasteiger partial charge in [-0.1, -0.05) is 35.4 Å². The highest BCUT2D eigenvalue weighted by atomic mass is 16.4. The molecule has 36 heavy (non-hydrogen) atoms. The predicted molar refractivity (Wildman–Crippen MR) is 141 cm³/mol. The van der Waals surface area contributed by atoms with Gasteiger partial charge in [0.2, 0.25) is 5.91 Å². The zero-order valence-corrected chi connectivity index (χ0v) is 20.5. The monoisotopic (exact) mass is 486 g/mol. The van der Waals surface area contributed by atoms with E-state index in [1.54, 1.807) is 24.3 Å². The number of nitrogens with zero attached hydrogens (tertiary/aromatic N) is 2. The lowest BCUT2D eigenvalue weighted by molar-refractivity contribution is -0.117. The second kappa shape index (κ2) is 11.0. The molecule has 0 spiro atoms. The molecule has 0 bridgehead atoms. The first-order valence-corrected chi connectivity index (χ1v) is 11.9. The maximum Gasteiger partial charge on any atom is 0.337 e. The number of aromatic carboxylic acids is 1. The van der Waals surface area contributed by atoms with E-state index < -0.39 is 5.97 Å². The van der Waals surface area contributed by atoms with Gasteiger partial charge in [0, 0.05) is 43.1 Å². The molecule has 0 radical (unpaired) electrons. The summed E-state index contributed by atoms with van der Waals surface area (Å²) in [6.45, 7) is 6.62. The van der Waals surface area contributed by atoms with E-state index in [9.17, 15) is 19.5 Å². The number of carbonyl (C=O) groups excluding carboxylic acids is 2. The molecule has 8 heteroatoms. The van der Waals surface area contributed by atoms with Gasteiger partial charge in [0.25, 0.3) is 5.91 Å². The van der Waals surface area contributed by atoms with Crippen molar-refractivity contribution >= 4 is 34.8 Å². The Bertz CT molecular complexity index is 1260. The molecule has 0 unspecified atom stereocenters. The number of amides is 2. The molecule has 0 atom stereocenters. The fourth-order valence-electron chi connectivity index (χ4n) is 4.24. The van der Waals surface area contributed by atoms with Crippen molar-refractivity contribution in [2.24, 2.45) is 0 Å². The summed E-state index contributed by atoms with van der Waals surface area (Å²) in [7, 11) is 0. The molecule has 1 saturated heterocycles. The number of nitrogens with one attached hydrogen (secondary N) is 2. The van der Waals surface area contributed by atoms with Gasteiger partial charge in [-0.2, -0.15) is 0 Å². The van der Waals surface area contributed by atoms with Crippen molar-refractivity contribution < 1.29 is 19.5 Å². The minimum atomic E-state index is -1.06. The van der Waals surface area contributed by atoms with Crippen LogP contribution in [0.5, 0.6) is 0 Å². The normalized spacial score (nSPS) is 13.8. The van der Waals surface area contributed by atoms with E-state index in [0.29, 0.717) is 43.1 Å². The van der Waals surface area contributed by atoms with Crippen LogP contribution in [0.15, 0.2) is 66.7 Å². The van der Waals surface area contributed by atoms with Crippen LogP contribution in [0.25, 0.3) is 0 Å². The summed E-state index contributed by atoms with van der Waals surface area (Å²) < 4.78 is 0. The zero-order valence-electron chi connectivity index (χ0n) is 20.5. The molecule has 4 rings (SSSR count). The van der Waals surface area contributed by atoms with E-state index in [1.165, 1.54) is 6.07 Å². The zero-order chi connectivity index (χ0) is 25.7. The SMILES string of the molecule is Cc1ccc(NC(=O)CN2CCN(c3ccc(NC(=O)c4cccc(C)c4)cc3C(=O)O)CC2)cc1. The summed E-state index contributed by atoms with van der Waals surface area (Å²) in [5.74, 6) is -1.43. The number of benzene rings is 3. The maximum absolute atomic E-state index is 12.6. The van der Waals surface area contributed by atoms with Crippen molar-refractivity contribution in [1.29, 1.82) is 0 Å². The minimum absolute atomic E-state index is 0.0766. The molecule has 0 aromatic heterocycles. The Morgan fingerprint density at radius 3 is 2.17 bits per heavy atom. The van der Waals surface area contributed by atoms with Crippen molar-refractivity contribution in [3.8, 4) is 0 Å². The average Bonchev–Trinajstić information content (AvgIpc) is 2.86. The summed E-state index contributed by atoms with van der Waals surface area (Å²) in [4.78, 5) is 41.1. The number of piperazine rings is 1. The molecule has 3 N–H and O–H groups in total. The number of anilines is 3. The van der Waals surface area contributed by atoms with Crippen LogP contribution in [-0.4, -0.2) is 60.5 Å². The van der Waals surface area contributed by atoms with Gasteiger partial charge in [-0.15, -0.1) is 0 Å². The molecular weight excluding hydrogens is 456 g/mol. The summed E-state index contributed by atoms with van der Waals surface area (Å²) in [6.07, 6.45) is 0. The molecule has 3 aromatic carbocycles. The van der Waals surface area contributed by atoms with Gasteiger partial charge in [0.15, 0.2) is 0 Å². The molecule has 1 aliphatic rings. The van der Waals surface area contributed by atoms with Crippen LogP contribution in [0.4, 0.5) is 17.1 Å². The van der Waals surface area contributed by atoms with E-state index >= 15 is 0 Å². The van der Waals surface area contributed by atoms with Crippen LogP contribution >= 0.6 is 0 Å². The van der Waals surface area contributed by atoms with Gasteiger partial charge < -0.3 is 20.6 Å². The van der Waals surface area contributed by atoms with E-state index in [1.807, 2.05) is 55.1 Å². The molecule has 2 amide bonds. The molecule has 1 heterocycles. The quantitative estimate of drug-likeness (QED) is 0.466. The molecule has 1 fully saturated rings. The first-order valence-electron chi connectivity index (χ1n) is 11.9. The largest absolute Gasteiger partial charge is 0.478 e.